The maximum absolute atomic E-state index is 13.0. The number of aliphatic hydroxyl groups excluding tert-OH is 2. The summed E-state index contributed by atoms with van der Waals surface area (Å²) < 4.78 is 7.41. The molecule has 1 aliphatic rings. The van der Waals surface area contributed by atoms with Gasteiger partial charge in [-0.25, -0.2) is 15.0 Å². The van der Waals surface area contributed by atoms with Gasteiger partial charge in [0.25, 0.3) is 5.91 Å². The Morgan fingerprint density at radius 1 is 1.06 bits per heavy atom. The van der Waals surface area contributed by atoms with Crippen molar-refractivity contribution in [1.29, 1.82) is 0 Å². The van der Waals surface area contributed by atoms with Crippen LogP contribution in [0.5, 0.6) is 0 Å². The summed E-state index contributed by atoms with van der Waals surface area (Å²) in [5.74, 6) is -0.181. The number of ether oxygens (including phenoxy) is 1. The van der Waals surface area contributed by atoms with E-state index in [0.29, 0.717) is 16.7 Å². The van der Waals surface area contributed by atoms with Gasteiger partial charge in [0.15, 0.2) is 17.7 Å². The van der Waals surface area contributed by atoms with Crippen molar-refractivity contribution in [3.63, 3.8) is 0 Å². The second-order valence-electron chi connectivity index (χ2n) is 7.76. The number of nitrogens with zero attached hydrogens (tertiary/aromatic N) is 4. The van der Waals surface area contributed by atoms with Crippen LogP contribution in [0, 0.1) is 0 Å². The third-order valence-electron chi connectivity index (χ3n) is 5.76. The summed E-state index contributed by atoms with van der Waals surface area (Å²) in [6.07, 6.45) is -0.140. The predicted molar refractivity (Wildman–Crippen MR) is 120 cm³/mol. The van der Waals surface area contributed by atoms with Crippen LogP contribution in [0.15, 0.2) is 67.3 Å². The van der Waals surface area contributed by atoms with Crippen molar-refractivity contribution in [3.05, 3.63) is 72.8 Å². The summed E-state index contributed by atoms with van der Waals surface area (Å²) in [7, 11) is 0. The standard InChI is InChI=1S/C23H22N6O4/c24-20-18-21(26-11-25-20)29(12-27-18)23-17(19(31)16(10-30)33-23)28-22(32)15-8-6-14(7-9-15)13-4-2-1-3-5-13/h1-9,11-12,16-17,19,23,30-31H,10H2,(H,28,32)(H2,24,25,26)/t16-,17-,19-,23-/m1/s1. The van der Waals surface area contributed by atoms with Crippen molar-refractivity contribution in [2.24, 2.45) is 0 Å². The largest absolute Gasteiger partial charge is 0.394 e. The van der Waals surface area contributed by atoms with Crippen molar-refractivity contribution in [2.45, 2.75) is 24.5 Å². The molecule has 4 atom stereocenters. The first-order valence-electron chi connectivity index (χ1n) is 10.4. The number of anilines is 1. The summed E-state index contributed by atoms with van der Waals surface area (Å²) in [5, 5.41) is 23.2. The normalized spacial score (nSPS) is 22.5. The van der Waals surface area contributed by atoms with Crippen LogP contribution in [0.3, 0.4) is 0 Å². The third-order valence-corrected chi connectivity index (χ3v) is 5.76. The van der Waals surface area contributed by atoms with Gasteiger partial charge in [-0.2, -0.15) is 0 Å². The Morgan fingerprint density at radius 2 is 1.79 bits per heavy atom. The molecule has 5 rings (SSSR count). The van der Waals surface area contributed by atoms with Gasteiger partial charge in [-0.15, -0.1) is 0 Å². The van der Waals surface area contributed by atoms with Gasteiger partial charge in [-0.05, 0) is 23.3 Å². The molecule has 3 heterocycles. The number of aromatic nitrogens is 4. The molecular formula is C23H22N6O4. The van der Waals surface area contributed by atoms with Crippen LogP contribution >= 0.6 is 0 Å². The molecular weight excluding hydrogens is 424 g/mol. The zero-order valence-electron chi connectivity index (χ0n) is 17.4. The Morgan fingerprint density at radius 3 is 2.52 bits per heavy atom. The minimum Gasteiger partial charge on any atom is -0.394 e. The molecule has 0 unspecified atom stereocenters. The van der Waals surface area contributed by atoms with Gasteiger partial charge in [0.2, 0.25) is 0 Å². The highest BCUT2D eigenvalue weighted by Gasteiger charge is 2.45. The molecule has 1 fully saturated rings. The minimum atomic E-state index is -1.15. The van der Waals surface area contributed by atoms with Crippen LogP contribution in [0.2, 0.25) is 0 Å². The number of rotatable bonds is 5. The fraction of sp³-hybridized carbons (Fsp3) is 0.217. The Labute approximate surface area is 188 Å². The molecule has 1 saturated heterocycles. The fourth-order valence-corrected chi connectivity index (χ4v) is 4.03. The highest BCUT2D eigenvalue weighted by atomic mass is 16.5. The number of fused-ring (bicyclic) bond motifs is 1. The molecule has 10 nitrogen and oxygen atoms in total. The third kappa shape index (κ3) is 3.80. The number of carbonyl (C=O) groups excluding carboxylic acids is 1. The summed E-state index contributed by atoms with van der Waals surface area (Å²) in [5.41, 5.74) is 9.09. The average Bonchev–Trinajstić information content (AvgIpc) is 3.41. The summed E-state index contributed by atoms with van der Waals surface area (Å²) in [6, 6.07) is 16.1. The SMILES string of the molecule is Nc1ncnc2c1ncn2[C@@H]1O[C@H](CO)[C@@H](O)[C@H]1NC(=O)c1ccc(-c2ccccc2)cc1. The zero-order chi connectivity index (χ0) is 22.9. The number of hydrogen-bond donors (Lipinski definition) is 4. The predicted octanol–water partition coefficient (Wildman–Crippen LogP) is 1.12. The van der Waals surface area contributed by atoms with E-state index in [0.717, 1.165) is 11.1 Å². The van der Waals surface area contributed by atoms with E-state index in [4.69, 9.17) is 10.5 Å². The first-order valence-corrected chi connectivity index (χ1v) is 10.4. The number of amides is 1. The maximum Gasteiger partial charge on any atom is 0.251 e. The highest BCUT2D eigenvalue weighted by Crippen LogP contribution is 2.32. The summed E-state index contributed by atoms with van der Waals surface area (Å²) in [4.78, 5) is 25.4. The average molecular weight is 446 g/mol. The van der Waals surface area contributed by atoms with Gasteiger partial charge in [0, 0.05) is 5.56 Å². The van der Waals surface area contributed by atoms with Gasteiger partial charge in [0.05, 0.1) is 12.9 Å². The van der Waals surface area contributed by atoms with Crippen molar-refractivity contribution in [2.75, 3.05) is 12.3 Å². The first kappa shape index (κ1) is 21.0. The second kappa shape index (κ2) is 8.58. The van der Waals surface area contributed by atoms with Crippen molar-refractivity contribution in [3.8, 4) is 11.1 Å². The van der Waals surface area contributed by atoms with E-state index in [9.17, 15) is 15.0 Å². The summed E-state index contributed by atoms with van der Waals surface area (Å²) >= 11 is 0. The lowest BCUT2D eigenvalue weighted by molar-refractivity contribution is -0.0440. The van der Waals surface area contributed by atoms with Crippen molar-refractivity contribution >= 4 is 22.9 Å². The number of nitrogen functional groups attached to an aromatic ring is 1. The van der Waals surface area contributed by atoms with Crippen LogP contribution in [0.1, 0.15) is 16.6 Å². The Bertz CT molecular complexity index is 1280. The van der Waals surface area contributed by atoms with Crippen LogP contribution in [-0.4, -0.2) is 60.5 Å². The number of hydrogen-bond acceptors (Lipinski definition) is 8. The molecule has 168 valence electrons. The van der Waals surface area contributed by atoms with E-state index in [-0.39, 0.29) is 11.7 Å². The quantitative estimate of drug-likeness (QED) is 0.356. The van der Waals surface area contributed by atoms with E-state index in [1.54, 1.807) is 16.7 Å². The Kier molecular flexibility index (Phi) is 5.47. The molecule has 10 heteroatoms. The lowest BCUT2D eigenvalue weighted by Crippen LogP contribution is -2.46. The molecule has 0 bridgehead atoms. The first-order chi connectivity index (χ1) is 16.1. The smallest absolute Gasteiger partial charge is 0.251 e. The number of aliphatic hydroxyl groups is 2. The van der Waals surface area contributed by atoms with Gasteiger partial charge in [-0.1, -0.05) is 42.5 Å². The van der Waals surface area contributed by atoms with E-state index in [1.165, 1.54) is 12.7 Å². The van der Waals surface area contributed by atoms with E-state index in [2.05, 4.69) is 20.3 Å². The van der Waals surface area contributed by atoms with Crippen molar-refractivity contribution < 1.29 is 19.7 Å². The van der Waals surface area contributed by atoms with Crippen LogP contribution in [0.25, 0.3) is 22.3 Å². The summed E-state index contributed by atoms with van der Waals surface area (Å²) in [6.45, 7) is -0.417. The maximum atomic E-state index is 13.0. The number of carbonyl (C=O) groups is 1. The topological polar surface area (TPSA) is 148 Å². The second-order valence-corrected chi connectivity index (χ2v) is 7.76. The van der Waals surface area contributed by atoms with Gasteiger partial charge < -0.3 is 26.0 Å². The molecule has 1 amide bonds. The van der Waals surface area contributed by atoms with E-state index < -0.39 is 31.1 Å². The molecule has 5 N–H and O–H groups in total. The molecule has 0 spiro atoms. The van der Waals surface area contributed by atoms with Gasteiger partial charge in [0.1, 0.15) is 30.1 Å². The van der Waals surface area contributed by atoms with Gasteiger partial charge >= 0.3 is 0 Å². The molecule has 2 aromatic heterocycles. The number of imidazole rings is 1. The van der Waals surface area contributed by atoms with Crippen molar-refractivity contribution in [1.82, 2.24) is 24.8 Å². The number of nitrogens with two attached hydrogens (primary N) is 1. The van der Waals surface area contributed by atoms with Crippen LogP contribution < -0.4 is 11.1 Å². The lowest BCUT2D eigenvalue weighted by atomic mass is 10.0. The molecule has 0 saturated carbocycles. The minimum absolute atomic E-state index is 0.204. The molecule has 0 radical (unpaired) electrons. The van der Waals surface area contributed by atoms with Crippen LogP contribution in [0.4, 0.5) is 5.82 Å². The fourth-order valence-electron chi connectivity index (χ4n) is 4.03. The number of benzene rings is 2. The van der Waals surface area contributed by atoms with Gasteiger partial charge in [-0.3, -0.25) is 9.36 Å². The monoisotopic (exact) mass is 446 g/mol. The Hall–Kier alpha value is -3.86. The lowest BCUT2D eigenvalue weighted by Gasteiger charge is -2.23. The number of nitrogens with one attached hydrogen (secondary N) is 1. The van der Waals surface area contributed by atoms with E-state index >= 15 is 0 Å². The zero-order valence-corrected chi connectivity index (χ0v) is 17.4. The molecule has 0 aliphatic carbocycles. The molecule has 4 aromatic rings. The van der Waals surface area contributed by atoms with Crippen LogP contribution in [-0.2, 0) is 4.74 Å². The highest BCUT2D eigenvalue weighted by molar-refractivity contribution is 5.95. The Balaban J connectivity index is 1.41. The molecule has 1 aliphatic heterocycles. The molecule has 33 heavy (non-hydrogen) atoms. The molecule has 2 aromatic carbocycles. The van der Waals surface area contributed by atoms with E-state index in [1.807, 2.05) is 42.5 Å².